The van der Waals surface area contributed by atoms with Crippen molar-refractivity contribution in [2.45, 2.75) is 43.0 Å². The van der Waals surface area contributed by atoms with Crippen LogP contribution in [0.15, 0.2) is 72.8 Å². The Hall–Kier alpha value is -3.61. The molecule has 2 heterocycles. The number of β-lactam (4-membered cyclic amide) rings is 1. The highest BCUT2D eigenvalue weighted by atomic mass is 19.1. The maximum atomic E-state index is 13.6. The van der Waals surface area contributed by atoms with E-state index in [0.717, 1.165) is 5.56 Å². The molecule has 1 amide bonds. The number of benzene rings is 3. The summed E-state index contributed by atoms with van der Waals surface area (Å²) >= 11 is 0. The Morgan fingerprint density at radius 2 is 1.32 bits per heavy atom. The summed E-state index contributed by atoms with van der Waals surface area (Å²) in [6.07, 6.45) is -5.96. The Kier molecular flexibility index (Phi) is 8.81. The summed E-state index contributed by atoms with van der Waals surface area (Å²) in [7, 11) is 0. The molecule has 9 nitrogen and oxygen atoms in total. The second-order valence-electron chi connectivity index (χ2n) is 10.1. The van der Waals surface area contributed by atoms with Gasteiger partial charge in [0.05, 0.1) is 25.2 Å². The Labute approximate surface area is 235 Å². The molecule has 3 aromatic rings. The van der Waals surface area contributed by atoms with E-state index >= 15 is 0 Å². The molecule has 0 bridgehead atoms. The molecule has 41 heavy (non-hydrogen) atoms. The van der Waals surface area contributed by atoms with Gasteiger partial charge in [-0.1, -0.05) is 12.1 Å². The average molecular weight is 572 g/mol. The second kappa shape index (κ2) is 12.5. The third-order valence-electron chi connectivity index (χ3n) is 7.46. The Morgan fingerprint density at radius 1 is 0.756 bits per heavy atom. The first-order valence-corrected chi connectivity index (χ1v) is 13.3. The summed E-state index contributed by atoms with van der Waals surface area (Å²) in [5.41, 5.74) is 1.36. The van der Waals surface area contributed by atoms with Gasteiger partial charge in [-0.25, -0.2) is 8.78 Å². The first-order chi connectivity index (χ1) is 19.8. The van der Waals surface area contributed by atoms with E-state index in [0.29, 0.717) is 23.6 Å². The van der Waals surface area contributed by atoms with Crippen molar-refractivity contribution >= 4 is 11.6 Å². The molecule has 7 atom stereocenters. The summed E-state index contributed by atoms with van der Waals surface area (Å²) in [5.74, 6) is -0.411. The summed E-state index contributed by atoms with van der Waals surface area (Å²) < 4.78 is 43.7. The Balaban J connectivity index is 1.27. The molecule has 218 valence electrons. The van der Waals surface area contributed by atoms with Gasteiger partial charge in [-0.2, -0.15) is 0 Å². The number of rotatable bonds is 10. The minimum Gasteiger partial charge on any atom is -0.494 e. The number of hydrogen-bond donors (Lipinski definition) is 4. The van der Waals surface area contributed by atoms with Crippen LogP contribution in [0.25, 0.3) is 0 Å². The van der Waals surface area contributed by atoms with Gasteiger partial charge in [0.25, 0.3) is 0 Å². The molecule has 0 spiro atoms. The molecule has 4 N–H and O–H groups in total. The number of carbonyl (C=O) groups is 1. The van der Waals surface area contributed by atoms with E-state index in [1.54, 1.807) is 41.3 Å². The third kappa shape index (κ3) is 6.19. The standard InChI is InChI=1S/C30H31F2NO8/c31-18-3-7-20(8-4-18)33-26(23(30(33)38)13-14-39-21-11-5-19(32)6-12-21)17-1-9-22(10-2-17)40-16-25-28(36)29(37)27(35)24(15-34)41-25/h1-12,23-29,34-37H,13-16H2/t23-,24+,25+,26+,27+,28-,29-/m0/s1. The number of aliphatic hydroxyl groups excluding tert-OH is 4. The molecule has 5 rings (SSSR count). The lowest BCUT2D eigenvalue weighted by atomic mass is 9.80. The second-order valence-corrected chi connectivity index (χ2v) is 10.1. The quantitative estimate of drug-likeness (QED) is 0.273. The fourth-order valence-corrected chi connectivity index (χ4v) is 5.19. The van der Waals surface area contributed by atoms with Crippen LogP contribution in [0.2, 0.25) is 0 Å². The van der Waals surface area contributed by atoms with Crippen LogP contribution in [-0.2, 0) is 9.53 Å². The molecular weight excluding hydrogens is 540 g/mol. The zero-order valence-electron chi connectivity index (χ0n) is 21.9. The SMILES string of the molecule is O=C1[C@@H](CCOc2ccc(F)cc2)[C@@H](c2ccc(OC[C@H]3O[C@H](CO)[C@@H](O)[C@H](O)[C@H]3O)cc2)N1c1ccc(F)cc1. The third-order valence-corrected chi connectivity index (χ3v) is 7.46. The smallest absolute Gasteiger partial charge is 0.233 e. The van der Waals surface area contributed by atoms with Crippen LogP contribution in [0.5, 0.6) is 11.5 Å². The van der Waals surface area contributed by atoms with Gasteiger partial charge >= 0.3 is 0 Å². The first-order valence-electron chi connectivity index (χ1n) is 13.3. The molecule has 0 aromatic heterocycles. The van der Waals surface area contributed by atoms with Gasteiger partial charge in [0, 0.05) is 5.69 Å². The molecule has 0 radical (unpaired) electrons. The molecule has 11 heteroatoms. The van der Waals surface area contributed by atoms with Crippen molar-refractivity contribution in [3.8, 4) is 11.5 Å². The van der Waals surface area contributed by atoms with Crippen molar-refractivity contribution in [1.82, 2.24) is 0 Å². The molecule has 3 aromatic carbocycles. The predicted molar refractivity (Wildman–Crippen MR) is 142 cm³/mol. The fourth-order valence-electron chi connectivity index (χ4n) is 5.19. The normalized spacial score (nSPS) is 27.8. The van der Waals surface area contributed by atoms with E-state index in [2.05, 4.69) is 0 Å². The number of hydrogen-bond acceptors (Lipinski definition) is 8. The van der Waals surface area contributed by atoms with Gasteiger partial charge in [-0.3, -0.25) is 4.79 Å². The maximum Gasteiger partial charge on any atom is 0.233 e. The van der Waals surface area contributed by atoms with Crippen molar-refractivity contribution in [2.24, 2.45) is 5.92 Å². The van der Waals surface area contributed by atoms with Gasteiger partial charge in [-0.05, 0) is 72.6 Å². The number of amides is 1. The van der Waals surface area contributed by atoms with Crippen LogP contribution < -0.4 is 14.4 Å². The summed E-state index contributed by atoms with van der Waals surface area (Å²) in [6.45, 7) is -0.444. The Morgan fingerprint density at radius 3 is 1.95 bits per heavy atom. The van der Waals surface area contributed by atoms with E-state index in [1.165, 1.54) is 36.4 Å². The fraction of sp³-hybridized carbons (Fsp3) is 0.367. The highest BCUT2D eigenvalue weighted by Gasteiger charge is 2.48. The van der Waals surface area contributed by atoms with Crippen LogP contribution in [0.1, 0.15) is 18.0 Å². The molecule has 2 aliphatic heterocycles. The summed E-state index contributed by atoms with van der Waals surface area (Å²) in [4.78, 5) is 14.8. The zero-order chi connectivity index (χ0) is 29.1. The molecule has 2 saturated heterocycles. The first kappa shape index (κ1) is 28.9. The average Bonchev–Trinajstić information content (AvgIpc) is 2.98. The van der Waals surface area contributed by atoms with Gasteiger partial charge < -0.3 is 39.5 Å². The number of halogens is 2. The topological polar surface area (TPSA) is 129 Å². The highest BCUT2D eigenvalue weighted by molar-refractivity contribution is 6.03. The molecular formula is C30H31F2NO8. The van der Waals surface area contributed by atoms with E-state index in [-0.39, 0.29) is 31.0 Å². The van der Waals surface area contributed by atoms with E-state index in [1.807, 2.05) is 0 Å². The van der Waals surface area contributed by atoms with E-state index in [9.17, 15) is 34.0 Å². The molecule has 0 unspecified atom stereocenters. The Bertz CT molecular complexity index is 1310. The summed E-state index contributed by atoms with van der Waals surface area (Å²) in [6, 6.07) is 17.9. The van der Waals surface area contributed by atoms with Crippen LogP contribution >= 0.6 is 0 Å². The monoisotopic (exact) mass is 571 g/mol. The van der Waals surface area contributed by atoms with Gasteiger partial charge in [0.1, 0.15) is 60.3 Å². The van der Waals surface area contributed by atoms with Gasteiger partial charge in [0.15, 0.2) is 0 Å². The van der Waals surface area contributed by atoms with Crippen molar-refractivity contribution in [2.75, 3.05) is 24.7 Å². The van der Waals surface area contributed by atoms with Gasteiger partial charge in [0.2, 0.25) is 5.91 Å². The maximum absolute atomic E-state index is 13.6. The zero-order valence-corrected chi connectivity index (χ0v) is 21.9. The number of nitrogens with zero attached hydrogens (tertiary/aromatic N) is 1. The molecule has 2 aliphatic rings. The summed E-state index contributed by atoms with van der Waals surface area (Å²) in [5, 5.41) is 39.5. The number of anilines is 1. The van der Waals surface area contributed by atoms with Crippen molar-refractivity contribution in [1.29, 1.82) is 0 Å². The van der Waals surface area contributed by atoms with Gasteiger partial charge in [-0.15, -0.1) is 0 Å². The van der Waals surface area contributed by atoms with Crippen LogP contribution in [0.3, 0.4) is 0 Å². The number of carbonyl (C=O) groups excluding carboxylic acids is 1. The predicted octanol–water partition coefficient (Wildman–Crippen LogP) is 2.36. The lowest BCUT2D eigenvalue weighted by Gasteiger charge is -2.47. The molecule has 2 fully saturated rings. The lowest BCUT2D eigenvalue weighted by molar-refractivity contribution is -0.234. The lowest BCUT2D eigenvalue weighted by Crippen LogP contribution is -2.59. The highest BCUT2D eigenvalue weighted by Crippen LogP contribution is 2.45. The largest absolute Gasteiger partial charge is 0.494 e. The van der Waals surface area contributed by atoms with Crippen molar-refractivity contribution in [3.05, 3.63) is 90.0 Å². The molecule has 0 saturated carbocycles. The number of ether oxygens (including phenoxy) is 3. The minimum absolute atomic E-state index is 0.132. The van der Waals surface area contributed by atoms with Crippen LogP contribution in [0.4, 0.5) is 14.5 Å². The van der Waals surface area contributed by atoms with Crippen molar-refractivity contribution in [3.63, 3.8) is 0 Å². The van der Waals surface area contributed by atoms with Crippen molar-refractivity contribution < 1.29 is 48.2 Å². The number of aliphatic hydroxyl groups is 4. The molecule has 0 aliphatic carbocycles. The van der Waals surface area contributed by atoms with Crippen LogP contribution in [0, 0.1) is 17.6 Å². The van der Waals surface area contributed by atoms with E-state index in [4.69, 9.17) is 14.2 Å². The van der Waals surface area contributed by atoms with E-state index < -0.39 is 48.9 Å². The van der Waals surface area contributed by atoms with Crippen LogP contribution in [-0.4, -0.2) is 76.7 Å². The minimum atomic E-state index is -1.49.